The SMILES string of the molecule is COC(=O)[C@@]1(C)CC[C@]2(C(=O)NCc3ccc(Cl)cc3)CC[C@]3(C)C(=CC[C@@H]4[C@@]5(C)C[C@H](O)[C@H](O[C@@H]6OC[C@@H](O[C@@H]7O[C@H](CO)[C@@H](O)[C@H](O)[C@H]7O)[C@H](O)[C@H]6O)[C@@](C)(CO)[C@@H]5CC[C@]43C)[C@@H]2C1. The molecule has 0 radical (unpaired) electrons. The molecule has 16 nitrogen and oxygen atoms in total. The standard InChI is InChI=1S/C49H72ClNO15/c1-44(43(61)62-6)15-17-49(42(60)51-21-25-7-9-26(50)10-8-25)18-16-47(4)27(28(49)19-44)11-12-33-45(2)20-29(54)39(46(3,24-53)32(45)13-14-48(33,47)5)66-40-37(58)35(56)31(23-63-40)65-41-38(59)36(57)34(55)30(22-52)64-41/h7-11,28-41,52-59H,12-24H2,1-6H3,(H,51,60)/t28-,29-,30+,31+,32+,33+,34+,35-,36-,37+,38+,39-,40-,41-,44-,45-,46-,47+,48+,49-/m0/s1. The Morgan fingerprint density at radius 2 is 1.50 bits per heavy atom. The van der Waals surface area contributed by atoms with Crippen molar-refractivity contribution >= 4 is 23.5 Å². The lowest BCUT2D eigenvalue weighted by atomic mass is 9.33. The Balaban J connectivity index is 1.03. The molecule has 1 amide bonds. The summed E-state index contributed by atoms with van der Waals surface area (Å²) in [4.78, 5) is 28.2. The van der Waals surface area contributed by atoms with Gasteiger partial charge in [0.25, 0.3) is 0 Å². The quantitative estimate of drug-likeness (QED) is 0.0929. The Kier molecular flexibility index (Phi) is 13.8. The molecule has 2 heterocycles. The minimum atomic E-state index is -1.73. The van der Waals surface area contributed by atoms with E-state index in [4.69, 9.17) is 35.3 Å². The molecule has 0 bridgehead atoms. The van der Waals surface area contributed by atoms with Gasteiger partial charge in [-0.2, -0.15) is 0 Å². The van der Waals surface area contributed by atoms with E-state index in [1.165, 1.54) is 12.7 Å². The van der Waals surface area contributed by atoms with Crippen molar-refractivity contribution in [3.05, 3.63) is 46.5 Å². The van der Waals surface area contributed by atoms with Gasteiger partial charge in [-0.25, -0.2) is 0 Å². The van der Waals surface area contributed by atoms with E-state index in [-0.39, 0.29) is 53.7 Å². The van der Waals surface area contributed by atoms with Crippen molar-refractivity contribution in [1.29, 1.82) is 0 Å². The molecule has 7 aliphatic rings. The van der Waals surface area contributed by atoms with E-state index in [0.717, 1.165) is 18.4 Å². The number of hydrogen-bond acceptors (Lipinski definition) is 15. The monoisotopic (exact) mass is 949 g/mol. The smallest absolute Gasteiger partial charge is 0.311 e. The Hall–Kier alpha value is -2.29. The number of aliphatic hydroxyl groups is 8. The number of halogens is 1. The molecule has 0 aromatic heterocycles. The van der Waals surface area contributed by atoms with Crippen LogP contribution in [0.5, 0.6) is 0 Å². The number of fused-ring (bicyclic) bond motifs is 7. The summed E-state index contributed by atoms with van der Waals surface area (Å²) in [7, 11) is 1.42. The minimum Gasteiger partial charge on any atom is -0.469 e. The van der Waals surface area contributed by atoms with Gasteiger partial charge in [0.15, 0.2) is 12.6 Å². The number of benzene rings is 1. The highest BCUT2D eigenvalue weighted by Gasteiger charge is 2.71. The first-order valence-electron chi connectivity index (χ1n) is 23.8. The van der Waals surface area contributed by atoms with E-state index in [9.17, 15) is 50.4 Å². The molecule has 4 saturated carbocycles. The maximum Gasteiger partial charge on any atom is 0.311 e. The predicted octanol–water partition coefficient (Wildman–Crippen LogP) is 2.50. The lowest BCUT2D eigenvalue weighted by Gasteiger charge is -2.72. The summed E-state index contributed by atoms with van der Waals surface area (Å²) in [6.07, 6.45) is -8.23. The third-order valence-electron chi connectivity index (χ3n) is 18.8. The normalized spacial score (nSPS) is 49.0. The molecule has 5 aliphatic carbocycles. The van der Waals surface area contributed by atoms with Gasteiger partial charge < -0.3 is 69.9 Å². The number of aliphatic hydroxyl groups excluding tert-OH is 8. The third-order valence-corrected chi connectivity index (χ3v) is 19.1. The van der Waals surface area contributed by atoms with Crippen molar-refractivity contribution in [1.82, 2.24) is 5.32 Å². The number of carbonyl (C=O) groups is 2. The third kappa shape index (κ3) is 7.80. The van der Waals surface area contributed by atoms with Crippen LogP contribution in [0.2, 0.25) is 5.02 Å². The molecule has 0 spiro atoms. The second-order valence-corrected chi connectivity index (χ2v) is 22.6. The van der Waals surface area contributed by atoms with Gasteiger partial charge in [0, 0.05) is 17.0 Å². The van der Waals surface area contributed by atoms with Crippen LogP contribution in [-0.4, -0.2) is 147 Å². The summed E-state index contributed by atoms with van der Waals surface area (Å²) in [6, 6.07) is 7.44. The molecule has 0 unspecified atom stereocenters. The summed E-state index contributed by atoms with van der Waals surface area (Å²) in [5.41, 5.74) is -1.49. The summed E-state index contributed by atoms with van der Waals surface area (Å²) in [6.45, 7) is 9.78. The molecule has 20 atom stereocenters. The number of carbonyl (C=O) groups excluding carboxylic acids is 2. The molecule has 6 fully saturated rings. The zero-order chi connectivity index (χ0) is 47.9. The number of amides is 1. The fourth-order valence-electron chi connectivity index (χ4n) is 14.8. The van der Waals surface area contributed by atoms with Crippen molar-refractivity contribution in [3.8, 4) is 0 Å². The van der Waals surface area contributed by atoms with Gasteiger partial charge in [0.1, 0.15) is 42.7 Å². The molecular weight excluding hydrogens is 878 g/mol. The zero-order valence-corrected chi connectivity index (χ0v) is 39.7. The summed E-state index contributed by atoms with van der Waals surface area (Å²) in [5, 5.41) is 90.6. The van der Waals surface area contributed by atoms with Gasteiger partial charge in [-0.05, 0) is 116 Å². The summed E-state index contributed by atoms with van der Waals surface area (Å²) >= 11 is 6.15. The van der Waals surface area contributed by atoms with E-state index < -0.39 is 95.8 Å². The van der Waals surface area contributed by atoms with Gasteiger partial charge in [-0.3, -0.25) is 9.59 Å². The molecule has 9 N–H and O–H groups in total. The maximum atomic E-state index is 14.7. The van der Waals surface area contributed by atoms with Crippen LogP contribution in [0.4, 0.5) is 0 Å². The van der Waals surface area contributed by atoms with E-state index in [0.29, 0.717) is 56.5 Å². The van der Waals surface area contributed by atoms with Crippen molar-refractivity contribution in [2.24, 2.45) is 50.2 Å². The first kappa shape index (κ1) is 50.1. The van der Waals surface area contributed by atoms with E-state index in [1.54, 1.807) is 0 Å². The van der Waals surface area contributed by atoms with Gasteiger partial charge in [0.2, 0.25) is 5.91 Å². The maximum absolute atomic E-state index is 14.7. The fraction of sp³-hybridized carbons (Fsp3) is 0.796. The molecule has 1 aromatic rings. The van der Waals surface area contributed by atoms with E-state index >= 15 is 0 Å². The minimum absolute atomic E-state index is 0.00292. The van der Waals surface area contributed by atoms with Gasteiger partial charge >= 0.3 is 5.97 Å². The average Bonchev–Trinajstić information content (AvgIpc) is 3.29. The largest absolute Gasteiger partial charge is 0.469 e. The molecular formula is C49H72ClNO15. The predicted molar refractivity (Wildman–Crippen MR) is 237 cm³/mol. The molecule has 1 aromatic carbocycles. The molecule has 66 heavy (non-hydrogen) atoms. The van der Waals surface area contributed by atoms with Crippen molar-refractivity contribution < 1.29 is 74.1 Å². The van der Waals surface area contributed by atoms with Gasteiger partial charge in [0.05, 0.1) is 50.0 Å². The number of methoxy groups -OCH3 is 1. The van der Waals surface area contributed by atoms with Crippen molar-refractivity contribution in [2.75, 3.05) is 26.9 Å². The molecule has 2 aliphatic heterocycles. The topological polar surface area (TPSA) is 254 Å². The summed E-state index contributed by atoms with van der Waals surface area (Å²) < 4.78 is 28.9. The number of ether oxygens (including phenoxy) is 5. The zero-order valence-electron chi connectivity index (χ0n) is 39.0. The first-order chi connectivity index (χ1) is 31.1. The highest BCUT2D eigenvalue weighted by atomic mass is 35.5. The van der Waals surface area contributed by atoms with Crippen LogP contribution in [0.25, 0.3) is 0 Å². The van der Waals surface area contributed by atoms with Crippen LogP contribution >= 0.6 is 11.6 Å². The van der Waals surface area contributed by atoms with Crippen LogP contribution in [0.1, 0.15) is 98.0 Å². The second kappa shape index (κ2) is 18.1. The fourth-order valence-corrected chi connectivity index (χ4v) is 14.9. The van der Waals surface area contributed by atoms with Crippen molar-refractivity contribution in [2.45, 2.75) is 166 Å². The van der Waals surface area contributed by atoms with Gasteiger partial charge in [-0.15, -0.1) is 0 Å². The lowest BCUT2D eigenvalue weighted by Crippen LogP contribution is -2.69. The number of rotatable bonds is 10. The van der Waals surface area contributed by atoms with Crippen molar-refractivity contribution in [3.63, 3.8) is 0 Å². The Morgan fingerprint density at radius 1 is 0.818 bits per heavy atom. The second-order valence-electron chi connectivity index (χ2n) is 22.1. The Morgan fingerprint density at radius 3 is 2.17 bits per heavy atom. The molecule has 370 valence electrons. The van der Waals surface area contributed by atoms with Crippen LogP contribution in [0.3, 0.4) is 0 Å². The van der Waals surface area contributed by atoms with Crippen LogP contribution in [0.15, 0.2) is 35.9 Å². The highest BCUT2D eigenvalue weighted by Crippen LogP contribution is 2.76. The van der Waals surface area contributed by atoms with E-state index in [2.05, 4.69) is 32.2 Å². The van der Waals surface area contributed by atoms with E-state index in [1.807, 2.05) is 38.1 Å². The number of esters is 1. The lowest BCUT2D eigenvalue weighted by molar-refractivity contribution is -0.357. The van der Waals surface area contributed by atoms with Gasteiger partial charge in [-0.1, -0.05) is 63.1 Å². The number of allylic oxidation sites excluding steroid dienone is 2. The number of nitrogens with one attached hydrogen (secondary N) is 1. The first-order valence-corrected chi connectivity index (χ1v) is 24.1. The average molecular weight is 951 g/mol. The highest BCUT2D eigenvalue weighted by molar-refractivity contribution is 6.30. The number of hydrogen-bond donors (Lipinski definition) is 9. The van der Waals surface area contributed by atoms with Crippen LogP contribution in [0, 0.1) is 50.2 Å². The van der Waals surface area contributed by atoms with Crippen LogP contribution in [-0.2, 0) is 39.8 Å². The molecule has 8 rings (SSSR count). The van der Waals surface area contributed by atoms with Crippen LogP contribution < -0.4 is 5.32 Å². The summed E-state index contributed by atoms with van der Waals surface area (Å²) in [5.74, 6) is -0.570. The molecule has 2 saturated heterocycles. The Labute approximate surface area is 391 Å². The molecule has 17 heteroatoms. The Bertz CT molecular complexity index is 1990.